The molecule has 3 heterocycles. The highest BCUT2D eigenvalue weighted by Gasteiger charge is 2.31. The van der Waals surface area contributed by atoms with Crippen molar-refractivity contribution in [2.24, 2.45) is 0 Å². The fraction of sp³-hybridized carbons (Fsp3) is 0.318. The lowest BCUT2D eigenvalue weighted by Crippen LogP contribution is -2.31. The van der Waals surface area contributed by atoms with E-state index in [0.29, 0.717) is 18.2 Å². The number of aromatic nitrogens is 4. The average molecular weight is 416 g/mol. The summed E-state index contributed by atoms with van der Waals surface area (Å²) >= 11 is 0. The molecule has 9 nitrogen and oxygen atoms in total. The minimum atomic E-state index is -0.392. The van der Waals surface area contributed by atoms with E-state index in [1.54, 1.807) is 12.1 Å². The van der Waals surface area contributed by atoms with Crippen molar-refractivity contribution in [3.05, 3.63) is 63.5 Å². The van der Waals surface area contributed by atoms with Crippen LogP contribution in [0.25, 0.3) is 16.4 Å². The summed E-state index contributed by atoms with van der Waals surface area (Å²) in [6.45, 7) is 1.31. The zero-order valence-electron chi connectivity index (χ0n) is 17.0. The van der Waals surface area contributed by atoms with Gasteiger partial charge in [-0.1, -0.05) is 24.3 Å². The van der Waals surface area contributed by atoms with E-state index in [4.69, 9.17) is 9.84 Å². The lowest BCUT2D eigenvalue weighted by atomic mass is 9.98. The minimum absolute atomic E-state index is 0.00815. The quantitative estimate of drug-likeness (QED) is 0.370. The number of nitrogens with zero attached hydrogens (tertiary/aromatic N) is 6. The highest BCUT2D eigenvalue weighted by molar-refractivity contribution is 6.00. The van der Waals surface area contributed by atoms with Crippen LogP contribution in [0, 0.1) is 10.1 Å². The largest absolute Gasteiger partial charge is 0.490 e. The second-order valence-electron chi connectivity index (χ2n) is 8.16. The van der Waals surface area contributed by atoms with Gasteiger partial charge in [0.2, 0.25) is 0 Å². The molecule has 0 radical (unpaired) electrons. The van der Waals surface area contributed by atoms with E-state index in [-0.39, 0.29) is 5.69 Å². The third-order valence-electron chi connectivity index (χ3n) is 6.22. The van der Waals surface area contributed by atoms with Gasteiger partial charge in [0.05, 0.1) is 12.0 Å². The highest BCUT2D eigenvalue weighted by Crippen LogP contribution is 2.40. The van der Waals surface area contributed by atoms with Crippen LogP contribution < -0.4 is 9.64 Å². The number of nitro benzene ring substituents is 1. The first-order chi connectivity index (χ1) is 15.1. The van der Waals surface area contributed by atoms with Crippen molar-refractivity contribution < 1.29 is 9.66 Å². The molecule has 9 heteroatoms. The number of hydrogen-bond donors (Lipinski definition) is 0. The second kappa shape index (κ2) is 6.63. The molecule has 2 aromatic carbocycles. The summed E-state index contributed by atoms with van der Waals surface area (Å²) < 4.78 is 7.13. The molecule has 0 atom stereocenters. The SMILES string of the molecule is COc1cc2c(cc1[N+](=O)[O-])CN(c1nn3c(C4CC4)nnc3c3ccccc13)CC2. The Hall–Kier alpha value is -3.75. The molecule has 0 bridgehead atoms. The molecule has 0 saturated heterocycles. The Morgan fingerprint density at radius 3 is 2.68 bits per heavy atom. The van der Waals surface area contributed by atoms with Crippen LogP contribution in [0.5, 0.6) is 5.75 Å². The smallest absolute Gasteiger partial charge is 0.311 e. The number of methoxy groups -OCH3 is 1. The topological polar surface area (TPSA) is 98.7 Å². The molecule has 1 fully saturated rings. The first-order valence-corrected chi connectivity index (χ1v) is 10.4. The molecule has 31 heavy (non-hydrogen) atoms. The van der Waals surface area contributed by atoms with Crippen molar-refractivity contribution >= 4 is 27.9 Å². The predicted octanol–water partition coefficient (Wildman–Crippen LogP) is 3.63. The molecule has 1 aliphatic carbocycles. The molecule has 1 saturated carbocycles. The van der Waals surface area contributed by atoms with Crippen LogP contribution in [0.4, 0.5) is 11.5 Å². The molecule has 0 unspecified atom stereocenters. The van der Waals surface area contributed by atoms with Gasteiger partial charge in [0, 0.05) is 35.8 Å². The van der Waals surface area contributed by atoms with Crippen LogP contribution in [0.15, 0.2) is 36.4 Å². The molecule has 6 rings (SSSR count). The summed E-state index contributed by atoms with van der Waals surface area (Å²) in [6, 6.07) is 11.5. The molecule has 0 N–H and O–H groups in total. The van der Waals surface area contributed by atoms with Crippen molar-refractivity contribution in [3.63, 3.8) is 0 Å². The molecule has 2 aromatic heterocycles. The van der Waals surface area contributed by atoms with Gasteiger partial charge in [-0.2, -0.15) is 4.52 Å². The van der Waals surface area contributed by atoms with Gasteiger partial charge in [-0.3, -0.25) is 10.1 Å². The first-order valence-electron chi connectivity index (χ1n) is 10.4. The molecular formula is C22H20N6O3. The van der Waals surface area contributed by atoms with E-state index < -0.39 is 4.92 Å². The average Bonchev–Trinajstić information content (AvgIpc) is 3.55. The molecule has 1 aliphatic heterocycles. The number of benzene rings is 2. The van der Waals surface area contributed by atoms with E-state index in [2.05, 4.69) is 27.2 Å². The standard InChI is InChI=1S/C22H20N6O3/c1-31-19-11-14-8-9-26(12-15(14)10-18(19)28(29)30)22-17-5-3-2-4-16(17)21-24-23-20(13-6-7-13)27(21)25-22/h2-5,10-11,13H,6-9,12H2,1H3. The Balaban J connectivity index is 1.49. The van der Waals surface area contributed by atoms with Crippen LogP contribution in [-0.4, -0.2) is 38.4 Å². The normalized spacial score (nSPS) is 16.0. The molecular weight excluding hydrogens is 396 g/mol. The Morgan fingerprint density at radius 1 is 1.13 bits per heavy atom. The number of fused-ring (bicyclic) bond motifs is 4. The van der Waals surface area contributed by atoms with Gasteiger partial charge in [0.15, 0.2) is 23.0 Å². The Morgan fingerprint density at radius 2 is 1.94 bits per heavy atom. The van der Waals surface area contributed by atoms with Gasteiger partial charge in [0.25, 0.3) is 0 Å². The molecule has 0 amide bonds. The number of rotatable bonds is 4. The lowest BCUT2D eigenvalue weighted by Gasteiger charge is -2.30. The Bertz CT molecular complexity index is 1360. The zero-order valence-corrected chi connectivity index (χ0v) is 17.0. The van der Waals surface area contributed by atoms with Gasteiger partial charge in [-0.25, -0.2) is 0 Å². The van der Waals surface area contributed by atoms with E-state index in [9.17, 15) is 10.1 Å². The predicted molar refractivity (Wildman–Crippen MR) is 115 cm³/mol. The number of ether oxygens (including phenoxy) is 1. The Kier molecular flexibility index (Phi) is 3.86. The van der Waals surface area contributed by atoms with E-state index in [1.807, 2.05) is 16.6 Å². The van der Waals surface area contributed by atoms with Gasteiger partial charge in [-0.05, 0) is 36.5 Å². The molecule has 2 aliphatic rings. The number of hydrogen-bond acceptors (Lipinski definition) is 7. The van der Waals surface area contributed by atoms with E-state index >= 15 is 0 Å². The summed E-state index contributed by atoms with van der Waals surface area (Å²) in [5.41, 5.74) is 2.77. The summed E-state index contributed by atoms with van der Waals surface area (Å²) in [5.74, 6) is 2.50. The minimum Gasteiger partial charge on any atom is -0.490 e. The Labute approximate surface area is 177 Å². The van der Waals surface area contributed by atoms with Crippen molar-refractivity contribution in [2.75, 3.05) is 18.6 Å². The van der Waals surface area contributed by atoms with Crippen LogP contribution in [0.2, 0.25) is 0 Å². The van der Waals surface area contributed by atoms with Crippen LogP contribution >= 0.6 is 0 Å². The van der Waals surface area contributed by atoms with Crippen molar-refractivity contribution in [1.29, 1.82) is 0 Å². The van der Waals surface area contributed by atoms with Crippen molar-refractivity contribution in [2.45, 2.75) is 31.7 Å². The van der Waals surface area contributed by atoms with Crippen LogP contribution in [0.3, 0.4) is 0 Å². The third-order valence-corrected chi connectivity index (χ3v) is 6.22. The van der Waals surface area contributed by atoms with Crippen LogP contribution in [-0.2, 0) is 13.0 Å². The van der Waals surface area contributed by atoms with E-state index in [1.165, 1.54) is 7.11 Å². The van der Waals surface area contributed by atoms with Crippen LogP contribution in [0.1, 0.15) is 35.7 Å². The van der Waals surface area contributed by atoms with E-state index in [0.717, 1.165) is 65.0 Å². The van der Waals surface area contributed by atoms with Gasteiger partial charge in [0.1, 0.15) is 0 Å². The maximum atomic E-state index is 11.5. The first kappa shape index (κ1) is 18.1. The third kappa shape index (κ3) is 2.80. The fourth-order valence-corrected chi connectivity index (χ4v) is 4.47. The maximum absolute atomic E-state index is 11.5. The second-order valence-corrected chi connectivity index (χ2v) is 8.16. The number of anilines is 1. The van der Waals surface area contributed by atoms with Crippen molar-refractivity contribution in [3.8, 4) is 5.75 Å². The lowest BCUT2D eigenvalue weighted by molar-refractivity contribution is -0.385. The fourth-order valence-electron chi connectivity index (χ4n) is 4.47. The molecule has 156 valence electrons. The van der Waals surface area contributed by atoms with Gasteiger partial charge in [-0.15, -0.1) is 15.3 Å². The zero-order chi connectivity index (χ0) is 21.1. The molecule has 4 aromatic rings. The summed E-state index contributed by atoms with van der Waals surface area (Å²) in [4.78, 5) is 13.3. The molecule has 0 spiro atoms. The summed E-state index contributed by atoms with van der Waals surface area (Å²) in [7, 11) is 1.46. The van der Waals surface area contributed by atoms with Crippen molar-refractivity contribution in [1.82, 2.24) is 19.8 Å². The summed E-state index contributed by atoms with van der Waals surface area (Å²) in [5, 5.41) is 27.3. The monoisotopic (exact) mass is 416 g/mol. The maximum Gasteiger partial charge on any atom is 0.311 e. The van der Waals surface area contributed by atoms with Gasteiger partial charge < -0.3 is 9.64 Å². The highest BCUT2D eigenvalue weighted by atomic mass is 16.6. The van der Waals surface area contributed by atoms with Gasteiger partial charge >= 0.3 is 5.69 Å². The number of nitro groups is 1. The summed E-state index contributed by atoms with van der Waals surface area (Å²) in [6.07, 6.45) is 3.00.